The highest BCUT2D eigenvalue weighted by molar-refractivity contribution is 7.71. The van der Waals surface area contributed by atoms with E-state index in [4.69, 9.17) is 12.2 Å². The van der Waals surface area contributed by atoms with Crippen molar-refractivity contribution in [2.75, 3.05) is 0 Å². The van der Waals surface area contributed by atoms with Crippen LogP contribution >= 0.6 is 34.9 Å². The van der Waals surface area contributed by atoms with Gasteiger partial charge in [-0.2, -0.15) is 0 Å². The van der Waals surface area contributed by atoms with E-state index in [0.29, 0.717) is 11.3 Å². The molecular formula is C14H14N2OS3. The summed E-state index contributed by atoms with van der Waals surface area (Å²) in [4.78, 5) is 19.2. The normalized spacial score (nSPS) is 11.3. The second-order valence-corrected chi connectivity index (χ2v) is 7.24. The van der Waals surface area contributed by atoms with Gasteiger partial charge in [-0.15, -0.1) is 22.7 Å². The van der Waals surface area contributed by atoms with E-state index in [2.05, 4.69) is 18.8 Å². The SMILES string of the molecule is CCc1c(C)sc2[nH]c(=S)n(Cc3cccs3)c(=O)c12. The van der Waals surface area contributed by atoms with Crippen molar-refractivity contribution in [2.24, 2.45) is 0 Å². The molecule has 3 aromatic heterocycles. The van der Waals surface area contributed by atoms with E-state index >= 15 is 0 Å². The summed E-state index contributed by atoms with van der Waals surface area (Å²) in [5, 5.41) is 2.82. The molecule has 104 valence electrons. The van der Waals surface area contributed by atoms with E-state index in [1.165, 1.54) is 4.88 Å². The Kier molecular flexibility index (Phi) is 3.62. The largest absolute Gasteiger partial charge is 0.323 e. The third-order valence-electron chi connectivity index (χ3n) is 3.38. The number of nitrogens with one attached hydrogen (secondary N) is 1. The van der Waals surface area contributed by atoms with Crippen LogP contribution in [0.5, 0.6) is 0 Å². The van der Waals surface area contributed by atoms with Gasteiger partial charge in [-0.3, -0.25) is 9.36 Å². The Morgan fingerprint density at radius 1 is 1.45 bits per heavy atom. The molecule has 0 fully saturated rings. The molecule has 3 nitrogen and oxygen atoms in total. The Bertz CT molecular complexity index is 868. The summed E-state index contributed by atoms with van der Waals surface area (Å²) in [5.74, 6) is 0. The highest BCUT2D eigenvalue weighted by atomic mass is 32.1. The lowest BCUT2D eigenvalue weighted by Gasteiger charge is -2.05. The van der Waals surface area contributed by atoms with Crippen molar-refractivity contribution in [3.63, 3.8) is 0 Å². The van der Waals surface area contributed by atoms with Crippen LogP contribution < -0.4 is 5.56 Å². The number of aryl methyl sites for hydroxylation is 2. The van der Waals surface area contributed by atoms with Gasteiger partial charge in [-0.05, 0) is 42.6 Å². The number of H-pyrrole nitrogens is 1. The van der Waals surface area contributed by atoms with E-state index < -0.39 is 0 Å². The summed E-state index contributed by atoms with van der Waals surface area (Å²) in [6.45, 7) is 4.68. The van der Waals surface area contributed by atoms with Gasteiger partial charge >= 0.3 is 0 Å². The first-order chi connectivity index (χ1) is 9.61. The average molecular weight is 322 g/mol. The molecule has 0 aliphatic heterocycles. The molecule has 3 rings (SSSR count). The van der Waals surface area contributed by atoms with Crippen molar-refractivity contribution < 1.29 is 0 Å². The first-order valence-corrected chi connectivity index (χ1v) is 8.49. The van der Waals surface area contributed by atoms with Gasteiger partial charge in [0, 0.05) is 9.75 Å². The maximum Gasteiger partial charge on any atom is 0.263 e. The van der Waals surface area contributed by atoms with E-state index in [0.717, 1.165) is 27.1 Å². The molecule has 20 heavy (non-hydrogen) atoms. The second kappa shape index (κ2) is 5.27. The van der Waals surface area contributed by atoms with Crippen LogP contribution in [-0.4, -0.2) is 9.55 Å². The Balaban J connectivity index is 2.28. The Morgan fingerprint density at radius 2 is 2.25 bits per heavy atom. The quantitative estimate of drug-likeness (QED) is 0.737. The molecule has 0 spiro atoms. The molecule has 6 heteroatoms. The molecule has 0 unspecified atom stereocenters. The molecule has 0 amide bonds. The molecule has 0 aromatic carbocycles. The van der Waals surface area contributed by atoms with E-state index in [-0.39, 0.29) is 5.56 Å². The van der Waals surface area contributed by atoms with E-state index in [1.54, 1.807) is 27.2 Å². The van der Waals surface area contributed by atoms with Crippen LogP contribution in [-0.2, 0) is 13.0 Å². The fraction of sp³-hybridized carbons (Fsp3) is 0.286. The van der Waals surface area contributed by atoms with Crippen molar-refractivity contribution in [1.82, 2.24) is 9.55 Å². The summed E-state index contributed by atoms with van der Waals surface area (Å²) < 4.78 is 2.16. The second-order valence-electron chi connectivity index (χ2n) is 4.60. The molecule has 1 N–H and O–H groups in total. The maximum absolute atomic E-state index is 12.8. The monoisotopic (exact) mass is 322 g/mol. The number of nitrogens with zero attached hydrogens (tertiary/aromatic N) is 1. The van der Waals surface area contributed by atoms with Crippen LogP contribution in [0.4, 0.5) is 0 Å². The van der Waals surface area contributed by atoms with Crippen molar-refractivity contribution in [2.45, 2.75) is 26.8 Å². The van der Waals surface area contributed by atoms with Gasteiger partial charge < -0.3 is 4.98 Å². The highest BCUT2D eigenvalue weighted by Gasteiger charge is 2.14. The highest BCUT2D eigenvalue weighted by Crippen LogP contribution is 2.27. The summed E-state index contributed by atoms with van der Waals surface area (Å²) in [5.41, 5.74) is 1.17. The van der Waals surface area contributed by atoms with Crippen LogP contribution in [0.2, 0.25) is 0 Å². The number of aromatic amines is 1. The Labute approximate surface area is 129 Å². The van der Waals surface area contributed by atoms with Crippen LogP contribution in [0.3, 0.4) is 0 Å². The molecule has 0 saturated carbocycles. The zero-order valence-corrected chi connectivity index (χ0v) is 13.7. The predicted molar refractivity (Wildman–Crippen MR) is 88.8 cm³/mol. The molecule has 0 aliphatic carbocycles. The number of aromatic nitrogens is 2. The Hall–Kier alpha value is -1.24. The number of thiophene rings is 2. The van der Waals surface area contributed by atoms with Gasteiger partial charge in [0.05, 0.1) is 11.9 Å². The lowest BCUT2D eigenvalue weighted by Crippen LogP contribution is -2.22. The van der Waals surface area contributed by atoms with Gasteiger partial charge in [0.15, 0.2) is 4.77 Å². The molecule has 3 heterocycles. The van der Waals surface area contributed by atoms with Gasteiger partial charge in [-0.1, -0.05) is 13.0 Å². The minimum Gasteiger partial charge on any atom is -0.323 e. The number of fused-ring (bicyclic) bond motifs is 1. The van der Waals surface area contributed by atoms with Gasteiger partial charge in [0.25, 0.3) is 5.56 Å². The van der Waals surface area contributed by atoms with Gasteiger partial charge in [0.2, 0.25) is 0 Å². The predicted octanol–water partition coefficient (Wildman–Crippen LogP) is 4.10. The number of hydrogen-bond donors (Lipinski definition) is 1. The van der Waals surface area contributed by atoms with Crippen molar-refractivity contribution in [3.05, 3.63) is 48.0 Å². The summed E-state index contributed by atoms with van der Waals surface area (Å²) in [6, 6.07) is 4.01. The number of rotatable bonds is 3. The third kappa shape index (κ3) is 2.17. The first-order valence-electron chi connectivity index (χ1n) is 6.39. The fourth-order valence-electron chi connectivity index (χ4n) is 2.41. The van der Waals surface area contributed by atoms with Crippen LogP contribution in [0.1, 0.15) is 22.2 Å². The standard InChI is InChI=1S/C14H14N2OS3/c1-3-10-8(2)20-12-11(10)13(17)16(14(18)15-12)7-9-5-4-6-19-9/h4-6H,3,7H2,1-2H3,(H,15,18). The fourth-order valence-corrected chi connectivity index (χ4v) is 4.56. The third-order valence-corrected chi connectivity index (χ3v) is 5.63. The number of hydrogen-bond acceptors (Lipinski definition) is 4. The summed E-state index contributed by atoms with van der Waals surface area (Å²) in [6.07, 6.45) is 0.866. The van der Waals surface area contributed by atoms with E-state index in [9.17, 15) is 4.79 Å². The smallest absolute Gasteiger partial charge is 0.263 e. The molecule has 0 aliphatic rings. The Morgan fingerprint density at radius 3 is 2.90 bits per heavy atom. The van der Waals surface area contributed by atoms with Crippen molar-refractivity contribution in [1.29, 1.82) is 0 Å². The van der Waals surface area contributed by atoms with E-state index in [1.807, 2.05) is 17.5 Å². The molecule has 0 saturated heterocycles. The van der Waals surface area contributed by atoms with Gasteiger partial charge in [-0.25, -0.2) is 0 Å². The van der Waals surface area contributed by atoms with Crippen molar-refractivity contribution >= 4 is 45.1 Å². The lowest BCUT2D eigenvalue weighted by atomic mass is 10.1. The summed E-state index contributed by atoms with van der Waals surface area (Å²) >= 11 is 8.60. The van der Waals surface area contributed by atoms with Gasteiger partial charge in [0.1, 0.15) is 4.83 Å². The average Bonchev–Trinajstić information content (AvgIpc) is 3.01. The maximum atomic E-state index is 12.8. The minimum absolute atomic E-state index is 0.0263. The topological polar surface area (TPSA) is 37.8 Å². The molecule has 0 atom stereocenters. The zero-order valence-electron chi connectivity index (χ0n) is 11.2. The first kappa shape index (κ1) is 13.7. The summed E-state index contributed by atoms with van der Waals surface area (Å²) in [7, 11) is 0. The molecule has 0 bridgehead atoms. The minimum atomic E-state index is 0.0263. The molecule has 0 radical (unpaired) electrons. The van der Waals surface area contributed by atoms with Crippen molar-refractivity contribution in [3.8, 4) is 0 Å². The lowest BCUT2D eigenvalue weighted by molar-refractivity contribution is 0.744. The van der Waals surface area contributed by atoms with Crippen LogP contribution in [0, 0.1) is 11.7 Å². The van der Waals surface area contributed by atoms with Crippen LogP contribution in [0.25, 0.3) is 10.2 Å². The van der Waals surface area contributed by atoms with Crippen LogP contribution in [0.15, 0.2) is 22.3 Å². The zero-order chi connectivity index (χ0) is 14.3. The molecular weight excluding hydrogens is 308 g/mol. The molecule has 3 aromatic rings.